The zero-order valence-corrected chi connectivity index (χ0v) is 12.4. The maximum atomic E-state index is 9.61. The lowest BCUT2D eigenvalue weighted by molar-refractivity contribution is 0.310. The average Bonchev–Trinajstić information content (AvgIpc) is 2.52. The molecule has 102 valence electrons. The van der Waals surface area contributed by atoms with E-state index in [4.69, 9.17) is 11.6 Å². The molecule has 1 saturated carbocycles. The van der Waals surface area contributed by atoms with Crippen LogP contribution in [-0.2, 0) is 0 Å². The zero-order chi connectivity index (χ0) is 13.9. The van der Waals surface area contributed by atoms with E-state index in [1.165, 1.54) is 6.42 Å². The molecule has 0 bridgehead atoms. The molecule has 2 rings (SSSR count). The molecule has 3 heteroatoms. The standard InChI is InChI=1S/C16H21ClN2/c1-15(2)8-3-9-16(12-18,11-10-15)19-14-6-4-13(17)5-7-14/h4-7,19H,3,8-11H2,1-2H3. The Kier molecular flexibility index (Phi) is 4.06. The molecule has 2 nitrogen and oxygen atoms in total. The first kappa shape index (κ1) is 14.2. The van der Waals surface area contributed by atoms with Crippen LogP contribution in [0.1, 0.15) is 46.0 Å². The first-order valence-corrected chi connectivity index (χ1v) is 7.28. The monoisotopic (exact) mass is 276 g/mol. The summed E-state index contributed by atoms with van der Waals surface area (Å²) in [5.41, 5.74) is 0.896. The molecule has 0 heterocycles. The second-order valence-corrected chi connectivity index (χ2v) is 6.78. The summed E-state index contributed by atoms with van der Waals surface area (Å²) in [6, 6.07) is 10.1. The number of anilines is 1. The van der Waals surface area contributed by atoms with Gasteiger partial charge in [0.25, 0.3) is 0 Å². The molecule has 1 aromatic rings. The normalized spacial score (nSPS) is 26.2. The van der Waals surface area contributed by atoms with Crippen LogP contribution >= 0.6 is 11.6 Å². The Morgan fingerprint density at radius 3 is 2.42 bits per heavy atom. The highest BCUT2D eigenvalue weighted by Gasteiger charge is 2.35. The highest BCUT2D eigenvalue weighted by atomic mass is 35.5. The number of benzene rings is 1. The van der Waals surface area contributed by atoms with E-state index in [1.807, 2.05) is 24.3 Å². The Morgan fingerprint density at radius 2 is 1.79 bits per heavy atom. The van der Waals surface area contributed by atoms with E-state index >= 15 is 0 Å². The van der Waals surface area contributed by atoms with Crippen LogP contribution in [0.2, 0.25) is 5.02 Å². The van der Waals surface area contributed by atoms with Crippen LogP contribution in [-0.4, -0.2) is 5.54 Å². The molecule has 1 fully saturated rings. The average molecular weight is 277 g/mol. The molecule has 19 heavy (non-hydrogen) atoms. The summed E-state index contributed by atoms with van der Waals surface area (Å²) in [5.74, 6) is 0. The van der Waals surface area contributed by atoms with Crippen LogP contribution in [0.4, 0.5) is 5.69 Å². The van der Waals surface area contributed by atoms with Crippen molar-refractivity contribution < 1.29 is 0 Å². The molecule has 0 saturated heterocycles. The van der Waals surface area contributed by atoms with Crippen molar-refractivity contribution in [1.82, 2.24) is 0 Å². The van der Waals surface area contributed by atoms with E-state index in [0.29, 0.717) is 5.41 Å². The predicted octanol–water partition coefficient (Wildman–Crippen LogP) is 5.00. The number of nitriles is 1. The van der Waals surface area contributed by atoms with Crippen LogP contribution in [0.25, 0.3) is 0 Å². The molecular formula is C16H21ClN2. The number of nitrogens with zero attached hydrogens (tertiary/aromatic N) is 1. The fraction of sp³-hybridized carbons (Fsp3) is 0.562. The van der Waals surface area contributed by atoms with Crippen molar-refractivity contribution in [2.24, 2.45) is 5.41 Å². The van der Waals surface area contributed by atoms with Gasteiger partial charge in [-0.15, -0.1) is 0 Å². The predicted molar refractivity (Wildman–Crippen MR) is 80.3 cm³/mol. The van der Waals surface area contributed by atoms with Gasteiger partial charge in [0.05, 0.1) is 6.07 Å². The van der Waals surface area contributed by atoms with E-state index in [1.54, 1.807) is 0 Å². The number of nitrogens with one attached hydrogen (secondary N) is 1. The Hall–Kier alpha value is -1.20. The van der Waals surface area contributed by atoms with Gasteiger partial charge in [-0.05, 0) is 61.8 Å². The third kappa shape index (κ3) is 3.64. The third-order valence-corrected chi connectivity index (χ3v) is 4.38. The fourth-order valence-corrected chi connectivity index (χ4v) is 2.87. The summed E-state index contributed by atoms with van der Waals surface area (Å²) >= 11 is 5.89. The number of rotatable bonds is 2. The largest absolute Gasteiger partial charge is 0.367 e. The summed E-state index contributed by atoms with van der Waals surface area (Å²) in [5, 5.41) is 13.8. The maximum Gasteiger partial charge on any atom is 0.125 e. The Labute approximate surface area is 120 Å². The van der Waals surface area contributed by atoms with Crippen molar-refractivity contribution in [2.75, 3.05) is 5.32 Å². The van der Waals surface area contributed by atoms with E-state index in [2.05, 4.69) is 25.2 Å². The lowest BCUT2D eigenvalue weighted by atomic mass is 9.84. The SMILES string of the molecule is CC1(C)CCCC(C#N)(Nc2ccc(Cl)cc2)CC1. The summed E-state index contributed by atoms with van der Waals surface area (Å²) in [6.45, 7) is 4.59. The Morgan fingerprint density at radius 1 is 1.11 bits per heavy atom. The van der Waals surface area contributed by atoms with Crippen molar-refractivity contribution in [3.05, 3.63) is 29.3 Å². The van der Waals surface area contributed by atoms with Gasteiger partial charge >= 0.3 is 0 Å². The minimum Gasteiger partial charge on any atom is -0.367 e. The van der Waals surface area contributed by atoms with Gasteiger partial charge in [0, 0.05) is 10.7 Å². The van der Waals surface area contributed by atoms with Gasteiger partial charge < -0.3 is 5.32 Å². The van der Waals surface area contributed by atoms with Gasteiger partial charge in [-0.1, -0.05) is 25.4 Å². The number of halogens is 1. The highest BCUT2D eigenvalue weighted by Crippen LogP contribution is 2.39. The molecule has 0 amide bonds. The Bertz CT molecular complexity index is 473. The second-order valence-electron chi connectivity index (χ2n) is 6.34. The summed E-state index contributed by atoms with van der Waals surface area (Å²) < 4.78 is 0. The minimum absolute atomic E-state index is 0.347. The van der Waals surface area contributed by atoms with Crippen LogP contribution in [0.15, 0.2) is 24.3 Å². The van der Waals surface area contributed by atoms with Crippen molar-refractivity contribution in [1.29, 1.82) is 5.26 Å². The molecule has 1 atom stereocenters. The van der Waals surface area contributed by atoms with Crippen LogP contribution < -0.4 is 5.32 Å². The van der Waals surface area contributed by atoms with Gasteiger partial charge in [-0.25, -0.2) is 0 Å². The van der Waals surface area contributed by atoms with Crippen molar-refractivity contribution in [2.45, 2.75) is 51.5 Å². The lowest BCUT2D eigenvalue weighted by Crippen LogP contribution is -2.36. The van der Waals surface area contributed by atoms with Crippen LogP contribution in [0, 0.1) is 16.7 Å². The lowest BCUT2D eigenvalue weighted by Gasteiger charge is -2.28. The van der Waals surface area contributed by atoms with E-state index in [9.17, 15) is 5.26 Å². The molecular weight excluding hydrogens is 256 g/mol. The van der Waals surface area contributed by atoms with Gasteiger partial charge in [0.1, 0.15) is 5.54 Å². The topological polar surface area (TPSA) is 35.8 Å². The third-order valence-electron chi connectivity index (χ3n) is 4.13. The summed E-state index contributed by atoms with van der Waals surface area (Å²) in [4.78, 5) is 0. The first-order chi connectivity index (χ1) is 8.95. The van der Waals surface area contributed by atoms with Crippen molar-refractivity contribution >= 4 is 17.3 Å². The first-order valence-electron chi connectivity index (χ1n) is 6.90. The molecule has 1 unspecified atom stereocenters. The molecule has 0 radical (unpaired) electrons. The van der Waals surface area contributed by atoms with Gasteiger partial charge in [0.2, 0.25) is 0 Å². The van der Waals surface area contributed by atoms with E-state index < -0.39 is 5.54 Å². The maximum absolute atomic E-state index is 9.61. The molecule has 0 spiro atoms. The zero-order valence-electron chi connectivity index (χ0n) is 11.7. The van der Waals surface area contributed by atoms with Gasteiger partial charge in [-0.2, -0.15) is 5.26 Å². The van der Waals surface area contributed by atoms with Crippen molar-refractivity contribution in [3.63, 3.8) is 0 Å². The number of hydrogen-bond donors (Lipinski definition) is 1. The molecule has 0 aliphatic heterocycles. The van der Waals surface area contributed by atoms with Gasteiger partial charge in [0.15, 0.2) is 0 Å². The molecule has 0 aromatic heterocycles. The highest BCUT2D eigenvalue weighted by molar-refractivity contribution is 6.30. The van der Waals surface area contributed by atoms with E-state index in [-0.39, 0.29) is 0 Å². The number of hydrogen-bond acceptors (Lipinski definition) is 2. The summed E-state index contributed by atoms with van der Waals surface area (Å²) in [6.07, 6.45) is 5.19. The van der Waals surface area contributed by atoms with Crippen LogP contribution in [0.5, 0.6) is 0 Å². The fourth-order valence-electron chi connectivity index (χ4n) is 2.74. The Balaban J connectivity index is 2.15. The second kappa shape index (κ2) is 5.43. The minimum atomic E-state index is -0.429. The smallest absolute Gasteiger partial charge is 0.125 e. The van der Waals surface area contributed by atoms with Crippen molar-refractivity contribution in [3.8, 4) is 6.07 Å². The summed E-state index contributed by atoms with van der Waals surface area (Å²) in [7, 11) is 0. The molecule has 1 N–H and O–H groups in total. The molecule has 1 aromatic carbocycles. The van der Waals surface area contributed by atoms with Crippen LogP contribution in [0.3, 0.4) is 0 Å². The van der Waals surface area contributed by atoms with Gasteiger partial charge in [-0.3, -0.25) is 0 Å². The molecule has 1 aliphatic carbocycles. The molecule has 1 aliphatic rings. The van der Waals surface area contributed by atoms with E-state index in [0.717, 1.165) is 36.4 Å². The quantitative estimate of drug-likeness (QED) is 0.771.